The fraction of sp³-hybridized carbons (Fsp3) is 0.545. The molecule has 0 atom stereocenters. The summed E-state index contributed by atoms with van der Waals surface area (Å²) in [6.07, 6.45) is 1.76. The molecule has 0 bridgehead atoms. The molecular formula is C11H17N5O. The molecule has 1 rings (SSSR count). The van der Waals surface area contributed by atoms with E-state index in [-0.39, 0.29) is 11.9 Å². The number of amides is 1. The second-order valence-corrected chi connectivity index (χ2v) is 4.07. The normalized spacial score (nSPS) is 10.3. The summed E-state index contributed by atoms with van der Waals surface area (Å²) < 4.78 is 1.46. The molecule has 6 nitrogen and oxygen atoms in total. The zero-order chi connectivity index (χ0) is 13.0. The van der Waals surface area contributed by atoms with E-state index >= 15 is 0 Å². The summed E-state index contributed by atoms with van der Waals surface area (Å²) in [5, 5.41) is 12.5. The predicted molar refractivity (Wildman–Crippen MR) is 64.0 cm³/mol. The van der Waals surface area contributed by atoms with Crippen LogP contribution in [-0.4, -0.2) is 33.2 Å². The van der Waals surface area contributed by atoms with E-state index in [9.17, 15) is 4.79 Å². The van der Waals surface area contributed by atoms with Crippen molar-refractivity contribution in [3.8, 4) is 6.07 Å². The van der Waals surface area contributed by atoms with E-state index < -0.39 is 0 Å². The van der Waals surface area contributed by atoms with Crippen LogP contribution < -0.4 is 5.73 Å². The highest BCUT2D eigenvalue weighted by atomic mass is 16.2. The van der Waals surface area contributed by atoms with Crippen LogP contribution in [0.4, 0.5) is 5.69 Å². The van der Waals surface area contributed by atoms with Gasteiger partial charge in [-0.1, -0.05) is 0 Å². The number of aromatic nitrogens is 2. The largest absolute Gasteiger partial charge is 0.396 e. The zero-order valence-corrected chi connectivity index (χ0v) is 10.3. The highest BCUT2D eigenvalue weighted by molar-refractivity contribution is 5.97. The zero-order valence-electron chi connectivity index (χ0n) is 10.3. The third kappa shape index (κ3) is 2.75. The minimum Gasteiger partial charge on any atom is -0.396 e. The van der Waals surface area contributed by atoms with Crippen molar-refractivity contribution >= 4 is 11.6 Å². The Hall–Kier alpha value is -2.03. The Bertz CT molecular complexity index is 424. The summed E-state index contributed by atoms with van der Waals surface area (Å²) >= 11 is 0. The van der Waals surface area contributed by atoms with Crippen molar-refractivity contribution in [2.75, 3.05) is 12.3 Å². The molecule has 0 saturated heterocycles. The molecule has 0 aliphatic carbocycles. The number of aryl methyl sites for hydroxylation is 1. The average molecular weight is 235 g/mol. The van der Waals surface area contributed by atoms with Gasteiger partial charge in [0.15, 0.2) is 0 Å². The van der Waals surface area contributed by atoms with Crippen LogP contribution >= 0.6 is 0 Å². The van der Waals surface area contributed by atoms with Gasteiger partial charge in [-0.3, -0.25) is 9.48 Å². The monoisotopic (exact) mass is 235 g/mol. The molecule has 92 valence electrons. The van der Waals surface area contributed by atoms with E-state index in [0.717, 1.165) is 0 Å². The minimum absolute atomic E-state index is 0.0187. The fourth-order valence-corrected chi connectivity index (χ4v) is 1.62. The quantitative estimate of drug-likeness (QED) is 0.834. The number of nitrogens with zero attached hydrogens (tertiary/aromatic N) is 4. The average Bonchev–Trinajstić information content (AvgIpc) is 2.58. The summed E-state index contributed by atoms with van der Waals surface area (Å²) in [5.74, 6) is -0.187. The van der Waals surface area contributed by atoms with Crippen LogP contribution in [0, 0.1) is 11.3 Å². The van der Waals surface area contributed by atoms with Crippen molar-refractivity contribution < 1.29 is 4.79 Å². The summed E-state index contributed by atoms with van der Waals surface area (Å²) in [4.78, 5) is 13.9. The van der Waals surface area contributed by atoms with Gasteiger partial charge < -0.3 is 10.6 Å². The highest BCUT2D eigenvalue weighted by Gasteiger charge is 2.23. The molecular weight excluding hydrogens is 218 g/mol. The molecule has 0 unspecified atom stereocenters. The van der Waals surface area contributed by atoms with Gasteiger partial charge in [0.25, 0.3) is 5.91 Å². The minimum atomic E-state index is -0.187. The molecule has 1 aromatic heterocycles. The fourth-order valence-electron chi connectivity index (χ4n) is 1.62. The van der Waals surface area contributed by atoms with Crippen LogP contribution in [0.3, 0.4) is 0 Å². The van der Waals surface area contributed by atoms with E-state index in [2.05, 4.69) is 5.10 Å². The Morgan fingerprint density at radius 2 is 2.35 bits per heavy atom. The lowest BCUT2D eigenvalue weighted by molar-refractivity contribution is 0.0700. The number of hydrogen-bond donors (Lipinski definition) is 1. The van der Waals surface area contributed by atoms with E-state index in [1.54, 1.807) is 11.9 Å². The Labute approximate surface area is 101 Å². The van der Waals surface area contributed by atoms with Gasteiger partial charge >= 0.3 is 0 Å². The molecule has 6 heteroatoms. The van der Waals surface area contributed by atoms with Crippen LogP contribution in [0.2, 0.25) is 0 Å². The predicted octanol–water partition coefficient (Wildman–Crippen LogP) is 0.767. The van der Waals surface area contributed by atoms with Gasteiger partial charge in [0.1, 0.15) is 5.69 Å². The molecule has 0 aromatic carbocycles. The molecule has 1 heterocycles. The first-order valence-electron chi connectivity index (χ1n) is 5.44. The lowest BCUT2D eigenvalue weighted by atomic mass is 10.2. The molecule has 0 aliphatic heterocycles. The third-order valence-corrected chi connectivity index (χ3v) is 2.52. The topological polar surface area (TPSA) is 87.9 Å². The van der Waals surface area contributed by atoms with E-state index in [1.165, 1.54) is 10.9 Å². The maximum atomic E-state index is 12.3. The smallest absolute Gasteiger partial charge is 0.274 e. The number of nitriles is 1. The molecule has 1 aromatic rings. The Morgan fingerprint density at radius 1 is 1.71 bits per heavy atom. The van der Waals surface area contributed by atoms with Gasteiger partial charge in [0.05, 0.1) is 24.4 Å². The van der Waals surface area contributed by atoms with Gasteiger partial charge in [-0.15, -0.1) is 0 Å². The van der Waals surface area contributed by atoms with Gasteiger partial charge in [0, 0.05) is 19.6 Å². The van der Waals surface area contributed by atoms with Crippen molar-refractivity contribution in [1.82, 2.24) is 14.7 Å². The van der Waals surface area contributed by atoms with Gasteiger partial charge in [-0.25, -0.2) is 0 Å². The molecule has 0 saturated carbocycles. The van der Waals surface area contributed by atoms with Crippen molar-refractivity contribution in [1.29, 1.82) is 5.26 Å². The SMILES string of the molecule is CC(C)N(CCC#N)C(=O)c1c(N)cnn1C. The van der Waals surface area contributed by atoms with Gasteiger partial charge in [-0.05, 0) is 13.8 Å². The lowest BCUT2D eigenvalue weighted by Gasteiger charge is -2.25. The Kier molecular flexibility index (Phi) is 4.10. The van der Waals surface area contributed by atoms with E-state index in [0.29, 0.717) is 24.3 Å². The lowest BCUT2D eigenvalue weighted by Crippen LogP contribution is -2.38. The van der Waals surface area contributed by atoms with E-state index in [1.807, 2.05) is 19.9 Å². The van der Waals surface area contributed by atoms with Crippen molar-refractivity contribution in [3.63, 3.8) is 0 Å². The maximum absolute atomic E-state index is 12.3. The first kappa shape index (κ1) is 13.0. The first-order valence-corrected chi connectivity index (χ1v) is 5.44. The summed E-state index contributed by atoms with van der Waals surface area (Å²) in [6.45, 7) is 4.21. The van der Waals surface area contributed by atoms with Crippen molar-refractivity contribution in [2.24, 2.45) is 7.05 Å². The number of hydrogen-bond acceptors (Lipinski definition) is 4. The molecule has 0 aliphatic rings. The van der Waals surface area contributed by atoms with Crippen LogP contribution in [0.15, 0.2) is 6.20 Å². The highest BCUT2D eigenvalue weighted by Crippen LogP contribution is 2.14. The first-order chi connectivity index (χ1) is 7.99. The molecule has 1 amide bonds. The van der Waals surface area contributed by atoms with Crippen molar-refractivity contribution in [2.45, 2.75) is 26.3 Å². The van der Waals surface area contributed by atoms with Crippen LogP contribution in [0.25, 0.3) is 0 Å². The van der Waals surface area contributed by atoms with Gasteiger partial charge in [0.2, 0.25) is 0 Å². The number of carbonyl (C=O) groups is 1. The summed E-state index contributed by atoms with van der Waals surface area (Å²) in [5.41, 5.74) is 6.45. The summed E-state index contributed by atoms with van der Waals surface area (Å²) in [6, 6.07) is 2.05. The number of anilines is 1. The molecule has 0 spiro atoms. The molecule has 0 radical (unpaired) electrons. The van der Waals surface area contributed by atoms with Crippen molar-refractivity contribution in [3.05, 3.63) is 11.9 Å². The number of rotatable bonds is 4. The number of carbonyl (C=O) groups excluding carboxylic acids is 1. The van der Waals surface area contributed by atoms with E-state index in [4.69, 9.17) is 11.0 Å². The standard InChI is InChI=1S/C11H17N5O/c1-8(2)16(6-4-5-12)11(17)10-9(13)7-14-15(10)3/h7-8H,4,6,13H2,1-3H3. The molecule has 0 fully saturated rings. The third-order valence-electron chi connectivity index (χ3n) is 2.52. The van der Waals surface area contributed by atoms with Gasteiger partial charge in [-0.2, -0.15) is 10.4 Å². The molecule has 2 N–H and O–H groups in total. The number of nitrogens with two attached hydrogens (primary N) is 1. The number of nitrogen functional groups attached to an aromatic ring is 1. The summed E-state index contributed by atoms with van der Waals surface area (Å²) in [7, 11) is 1.67. The Balaban J connectivity index is 2.97. The second kappa shape index (κ2) is 5.34. The van der Waals surface area contributed by atoms with Crippen LogP contribution in [0.5, 0.6) is 0 Å². The van der Waals surface area contributed by atoms with Crippen LogP contribution in [0.1, 0.15) is 30.8 Å². The maximum Gasteiger partial charge on any atom is 0.274 e. The Morgan fingerprint density at radius 3 is 2.76 bits per heavy atom. The van der Waals surface area contributed by atoms with Crippen LogP contribution in [-0.2, 0) is 7.05 Å². The second-order valence-electron chi connectivity index (χ2n) is 4.07. The molecule has 17 heavy (non-hydrogen) atoms.